The molecule has 0 aliphatic rings. The van der Waals surface area contributed by atoms with Gasteiger partial charge in [-0.1, -0.05) is 12.1 Å². The van der Waals surface area contributed by atoms with Gasteiger partial charge in [0.05, 0.1) is 16.6 Å². The molecule has 1 heterocycles. The number of anilines is 1. The second kappa shape index (κ2) is 6.29. The van der Waals surface area contributed by atoms with Crippen LogP contribution in [0.4, 0.5) is 10.5 Å². The topological polar surface area (TPSA) is 127 Å². The Morgan fingerprint density at radius 1 is 1.00 bits per heavy atom. The molecular weight excluding hydrogens is 312 g/mol. The first-order valence-corrected chi connectivity index (χ1v) is 7.10. The number of benzene rings is 2. The average molecular weight is 326 g/mol. The Kier molecular flexibility index (Phi) is 4.02. The maximum atomic E-state index is 11.9. The number of hydrogen-bond acceptors (Lipinski definition) is 3. The van der Waals surface area contributed by atoms with Gasteiger partial charge in [0.2, 0.25) is 0 Å². The van der Waals surface area contributed by atoms with Crippen molar-refractivity contribution in [3.05, 3.63) is 64.1 Å². The van der Waals surface area contributed by atoms with E-state index in [9.17, 15) is 14.4 Å². The van der Waals surface area contributed by atoms with Gasteiger partial charge in [-0.15, -0.1) is 0 Å². The number of H-pyrrole nitrogens is 2. The van der Waals surface area contributed by atoms with Gasteiger partial charge in [0.1, 0.15) is 0 Å². The minimum atomic E-state index is -0.995. The lowest BCUT2D eigenvalue weighted by Gasteiger charge is -2.08. The fourth-order valence-corrected chi connectivity index (χ4v) is 2.23. The van der Waals surface area contributed by atoms with Crippen LogP contribution in [-0.4, -0.2) is 27.1 Å². The van der Waals surface area contributed by atoms with Gasteiger partial charge in [-0.3, -0.25) is 0 Å². The number of aromatic carboxylic acids is 1. The number of carboxylic acids is 1. The van der Waals surface area contributed by atoms with Gasteiger partial charge in [0, 0.05) is 12.2 Å². The third-order valence-corrected chi connectivity index (χ3v) is 3.43. The number of aromatic nitrogens is 2. The Hall–Kier alpha value is -3.55. The molecule has 0 bridgehead atoms. The minimum absolute atomic E-state index is 0.192. The van der Waals surface area contributed by atoms with Crippen molar-refractivity contribution in [3.63, 3.8) is 0 Å². The molecule has 8 nitrogen and oxygen atoms in total. The molecule has 0 spiro atoms. The number of nitrogens with one attached hydrogen (secondary N) is 4. The molecule has 0 fully saturated rings. The fourth-order valence-electron chi connectivity index (χ4n) is 2.23. The van der Waals surface area contributed by atoms with E-state index in [-0.39, 0.29) is 17.8 Å². The van der Waals surface area contributed by atoms with Gasteiger partial charge in [-0.2, -0.15) is 0 Å². The summed E-state index contributed by atoms with van der Waals surface area (Å²) in [6.07, 6.45) is 0. The zero-order valence-electron chi connectivity index (χ0n) is 12.4. The molecule has 5 N–H and O–H groups in total. The van der Waals surface area contributed by atoms with Gasteiger partial charge < -0.3 is 25.7 Å². The maximum absolute atomic E-state index is 11.9. The number of carbonyl (C=O) groups excluding carboxylic acids is 1. The Labute approximate surface area is 135 Å². The predicted molar refractivity (Wildman–Crippen MR) is 88.2 cm³/mol. The van der Waals surface area contributed by atoms with Crippen molar-refractivity contribution in [2.45, 2.75) is 6.54 Å². The summed E-state index contributed by atoms with van der Waals surface area (Å²) < 4.78 is 0. The van der Waals surface area contributed by atoms with E-state index < -0.39 is 12.0 Å². The normalized spacial score (nSPS) is 10.5. The lowest BCUT2D eigenvalue weighted by molar-refractivity contribution is 0.0697. The summed E-state index contributed by atoms with van der Waals surface area (Å²) in [5.41, 5.74) is 2.46. The standard InChI is InChI=1S/C16H14N4O4/c21-14(22)10-3-1-9(2-4-10)8-17-15(23)18-11-5-6-12-13(7-11)20-16(24)19-12/h1-7H,8H2,(H,21,22)(H2,17,18,23)(H2,19,20,24). The van der Waals surface area contributed by atoms with E-state index in [0.29, 0.717) is 16.7 Å². The molecule has 0 aliphatic carbocycles. The molecule has 0 saturated carbocycles. The van der Waals surface area contributed by atoms with Gasteiger partial charge in [0.15, 0.2) is 0 Å². The average Bonchev–Trinajstić information content (AvgIpc) is 2.92. The Balaban J connectivity index is 1.60. The molecule has 3 aromatic rings. The molecule has 24 heavy (non-hydrogen) atoms. The van der Waals surface area contributed by atoms with E-state index in [1.54, 1.807) is 30.3 Å². The number of urea groups is 1. The number of fused-ring (bicyclic) bond motifs is 1. The number of carboxylic acid groups (broad SMARTS) is 1. The zero-order valence-corrected chi connectivity index (χ0v) is 12.4. The van der Waals surface area contributed by atoms with Crippen molar-refractivity contribution in [2.24, 2.45) is 0 Å². The molecule has 2 amide bonds. The quantitative estimate of drug-likeness (QED) is 0.501. The minimum Gasteiger partial charge on any atom is -0.478 e. The lowest BCUT2D eigenvalue weighted by Crippen LogP contribution is -2.28. The molecule has 0 aliphatic heterocycles. The van der Waals surface area contributed by atoms with Crippen LogP contribution in [0.15, 0.2) is 47.3 Å². The van der Waals surface area contributed by atoms with Crippen LogP contribution in [0.25, 0.3) is 11.0 Å². The monoisotopic (exact) mass is 326 g/mol. The van der Waals surface area contributed by atoms with E-state index >= 15 is 0 Å². The summed E-state index contributed by atoms with van der Waals surface area (Å²) in [5.74, 6) is -0.995. The summed E-state index contributed by atoms with van der Waals surface area (Å²) in [6.45, 7) is 0.259. The molecule has 3 rings (SSSR count). The number of aromatic amines is 2. The lowest BCUT2D eigenvalue weighted by atomic mass is 10.1. The van der Waals surface area contributed by atoms with E-state index in [4.69, 9.17) is 5.11 Å². The molecule has 8 heteroatoms. The van der Waals surface area contributed by atoms with Crippen molar-refractivity contribution in [1.82, 2.24) is 15.3 Å². The van der Waals surface area contributed by atoms with Crippen LogP contribution in [0, 0.1) is 0 Å². The van der Waals surface area contributed by atoms with Crippen molar-refractivity contribution >= 4 is 28.7 Å². The first-order valence-electron chi connectivity index (χ1n) is 7.10. The molecule has 0 saturated heterocycles. The third-order valence-electron chi connectivity index (χ3n) is 3.43. The SMILES string of the molecule is O=C(NCc1ccc(C(=O)O)cc1)Nc1ccc2[nH]c(=O)[nH]c2c1. The van der Waals surface area contributed by atoms with Crippen molar-refractivity contribution in [1.29, 1.82) is 0 Å². The van der Waals surface area contributed by atoms with Crippen LogP contribution >= 0.6 is 0 Å². The molecular formula is C16H14N4O4. The number of rotatable bonds is 4. The zero-order chi connectivity index (χ0) is 17.1. The van der Waals surface area contributed by atoms with Crippen molar-refractivity contribution in [2.75, 3.05) is 5.32 Å². The third kappa shape index (κ3) is 3.43. The first kappa shape index (κ1) is 15.3. The van der Waals surface area contributed by atoms with Crippen LogP contribution in [0.2, 0.25) is 0 Å². The van der Waals surface area contributed by atoms with Gasteiger partial charge in [-0.05, 0) is 35.9 Å². The summed E-state index contributed by atoms with van der Waals surface area (Å²) in [5, 5.41) is 14.2. The summed E-state index contributed by atoms with van der Waals surface area (Å²) >= 11 is 0. The highest BCUT2D eigenvalue weighted by Gasteiger charge is 2.05. The molecule has 0 unspecified atom stereocenters. The highest BCUT2D eigenvalue weighted by molar-refractivity contribution is 5.91. The summed E-state index contributed by atoms with van der Waals surface area (Å²) in [4.78, 5) is 39.1. The van der Waals surface area contributed by atoms with Crippen molar-refractivity contribution in [3.8, 4) is 0 Å². The first-order chi connectivity index (χ1) is 11.5. The van der Waals surface area contributed by atoms with E-state index in [1.165, 1.54) is 12.1 Å². The van der Waals surface area contributed by atoms with Gasteiger partial charge in [0.25, 0.3) is 0 Å². The Morgan fingerprint density at radius 3 is 2.42 bits per heavy atom. The number of carbonyl (C=O) groups is 2. The molecule has 0 atom stereocenters. The number of imidazole rings is 1. The van der Waals surface area contributed by atoms with Gasteiger partial charge in [-0.25, -0.2) is 14.4 Å². The summed E-state index contributed by atoms with van der Waals surface area (Å²) in [7, 11) is 0. The van der Waals surface area contributed by atoms with Crippen LogP contribution < -0.4 is 16.3 Å². The highest BCUT2D eigenvalue weighted by Crippen LogP contribution is 2.14. The van der Waals surface area contributed by atoms with Crippen molar-refractivity contribution < 1.29 is 14.7 Å². The number of hydrogen-bond donors (Lipinski definition) is 5. The smallest absolute Gasteiger partial charge is 0.335 e. The Bertz CT molecular complexity index is 956. The maximum Gasteiger partial charge on any atom is 0.335 e. The van der Waals surface area contributed by atoms with Crippen LogP contribution in [-0.2, 0) is 6.54 Å². The van der Waals surface area contributed by atoms with Gasteiger partial charge >= 0.3 is 17.7 Å². The molecule has 122 valence electrons. The summed E-state index contributed by atoms with van der Waals surface area (Å²) in [6, 6.07) is 10.8. The second-order valence-electron chi connectivity index (χ2n) is 5.15. The fraction of sp³-hybridized carbons (Fsp3) is 0.0625. The molecule has 1 aromatic heterocycles. The van der Waals surface area contributed by atoms with E-state index in [2.05, 4.69) is 20.6 Å². The predicted octanol–water partition coefficient (Wildman–Crippen LogP) is 1.88. The molecule has 0 radical (unpaired) electrons. The van der Waals surface area contributed by atoms with E-state index in [0.717, 1.165) is 5.56 Å². The largest absolute Gasteiger partial charge is 0.478 e. The van der Waals surface area contributed by atoms with E-state index in [1.807, 2.05) is 0 Å². The van der Waals surface area contributed by atoms with Crippen LogP contribution in [0.1, 0.15) is 15.9 Å². The Morgan fingerprint density at radius 2 is 1.71 bits per heavy atom. The second-order valence-corrected chi connectivity index (χ2v) is 5.15. The number of amides is 2. The van der Waals surface area contributed by atoms with Crippen LogP contribution in [0.5, 0.6) is 0 Å². The highest BCUT2D eigenvalue weighted by atomic mass is 16.4. The molecule has 2 aromatic carbocycles. The van der Waals surface area contributed by atoms with Crippen LogP contribution in [0.3, 0.4) is 0 Å².